The summed E-state index contributed by atoms with van der Waals surface area (Å²) < 4.78 is 13.8. The molecular weight excluding hydrogens is 405 g/mol. The van der Waals surface area contributed by atoms with E-state index in [1.807, 2.05) is 26.2 Å². The number of anilines is 1. The fraction of sp³-hybridized carbons (Fsp3) is 0.360. The quantitative estimate of drug-likeness (QED) is 0.631. The van der Waals surface area contributed by atoms with E-state index < -0.39 is 5.82 Å². The van der Waals surface area contributed by atoms with Crippen molar-refractivity contribution in [2.45, 2.75) is 45.6 Å². The van der Waals surface area contributed by atoms with Crippen LogP contribution >= 0.6 is 0 Å². The molecule has 4 rings (SSSR count). The van der Waals surface area contributed by atoms with Gasteiger partial charge in [0.15, 0.2) is 0 Å². The molecule has 1 fully saturated rings. The molecule has 32 heavy (non-hydrogen) atoms. The van der Waals surface area contributed by atoms with Gasteiger partial charge in [-0.25, -0.2) is 14.4 Å². The highest BCUT2D eigenvalue weighted by Crippen LogP contribution is 2.27. The molecule has 6 nitrogen and oxygen atoms in total. The molecule has 1 amide bonds. The first-order valence-corrected chi connectivity index (χ1v) is 11.0. The number of nitrogens with one attached hydrogen (secondary N) is 1. The summed E-state index contributed by atoms with van der Waals surface area (Å²) in [6.45, 7) is 6.70. The summed E-state index contributed by atoms with van der Waals surface area (Å²) in [6.07, 6.45) is 5.93. The van der Waals surface area contributed by atoms with Gasteiger partial charge >= 0.3 is 0 Å². The molecule has 0 bridgehead atoms. The van der Waals surface area contributed by atoms with E-state index in [-0.39, 0.29) is 23.9 Å². The third kappa shape index (κ3) is 5.34. The van der Waals surface area contributed by atoms with Crippen LogP contribution in [0.5, 0.6) is 0 Å². The number of amides is 1. The Morgan fingerprint density at radius 1 is 1.12 bits per heavy atom. The molecule has 0 unspecified atom stereocenters. The molecule has 0 saturated carbocycles. The maximum atomic E-state index is 13.8. The van der Waals surface area contributed by atoms with Crippen molar-refractivity contribution in [1.82, 2.24) is 19.9 Å². The summed E-state index contributed by atoms with van der Waals surface area (Å²) in [5.41, 5.74) is 3.85. The number of nitrogens with zero attached hydrogens (tertiary/aromatic N) is 4. The second-order valence-corrected chi connectivity index (χ2v) is 8.37. The summed E-state index contributed by atoms with van der Waals surface area (Å²) in [4.78, 5) is 28.6. The minimum atomic E-state index is -0.450. The molecule has 1 aliphatic heterocycles. The van der Waals surface area contributed by atoms with Crippen LogP contribution in [-0.2, 0) is 17.8 Å². The highest BCUT2D eigenvalue weighted by atomic mass is 19.1. The van der Waals surface area contributed by atoms with Crippen LogP contribution in [0.15, 0.2) is 48.8 Å². The lowest BCUT2D eigenvalue weighted by molar-refractivity contribution is -0.115. The Hall–Kier alpha value is -3.19. The van der Waals surface area contributed by atoms with Crippen LogP contribution in [0.25, 0.3) is 0 Å². The van der Waals surface area contributed by atoms with Gasteiger partial charge in [0.05, 0.1) is 12.1 Å². The molecule has 3 aromatic rings. The Morgan fingerprint density at radius 3 is 2.56 bits per heavy atom. The van der Waals surface area contributed by atoms with E-state index in [4.69, 9.17) is 9.97 Å². The van der Waals surface area contributed by atoms with Crippen LogP contribution in [0.2, 0.25) is 0 Å². The van der Waals surface area contributed by atoms with Crippen LogP contribution in [0.1, 0.15) is 47.1 Å². The number of benzene rings is 1. The fourth-order valence-electron chi connectivity index (χ4n) is 4.28. The number of pyridine rings is 1. The zero-order valence-corrected chi connectivity index (χ0v) is 18.5. The zero-order valence-electron chi connectivity index (χ0n) is 18.5. The first-order chi connectivity index (χ1) is 15.5. The number of para-hydroxylation sites is 1. The number of aromatic nitrogens is 3. The van der Waals surface area contributed by atoms with Gasteiger partial charge in [0.25, 0.3) is 0 Å². The zero-order chi connectivity index (χ0) is 22.5. The smallest absolute Gasteiger partial charge is 0.229 e. The monoisotopic (exact) mass is 433 g/mol. The third-order valence-electron chi connectivity index (χ3n) is 5.95. The number of carbonyl (C=O) groups excluding carboxylic acids is 1. The van der Waals surface area contributed by atoms with Crippen molar-refractivity contribution in [2.24, 2.45) is 0 Å². The van der Waals surface area contributed by atoms with Crippen LogP contribution < -0.4 is 5.32 Å². The van der Waals surface area contributed by atoms with Gasteiger partial charge in [0, 0.05) is 48.4 Å². The van der Waals surface area contributed by atoms with Gasteiger partial charge in [0.2, 0.25) is 5.91 Å². The number of piperidine rings is 1. The van der Waals surface area contributed by atoms with Gasteiger partial charge in [-0.2, -0.15) is 0 Å². The van der Waals surface area contributed by atoms with Crippen molar-refractivity contribution >= 4 is 11.6 Å². The Labute approximate surface area is 187 Å². The molecule has 1 atom stereocenters. The molecule has 3 heterocycles. The van der Waals surface area contributed by atoms with Gasteiger partial charge in [-0.15, -0.1) is 0 Å². The predicted octanol–water partition coefficient (Wildman–Crippen LogP) is 4.19. The van der Waals surface area contributed by atoms with Crippen molar-refractivity contribution in [3.8, 4) is 0 Å². The summed E-state index contributed by atoms with van der Waals surface area (Å²) in [5.74, 6) is 0.385. The normalized spacial score (nSPS) is 16.7. The maximum absolute atomic E-state index is 13.8. The molecule has 166 valence electrons. The minimum absolute atomic E-state index is 0.116. The van der Waals surface area contributed by atoms with Crippen molar-refractivity contribution < 1.29 is 9.18 Å². The molecular formula is C25H28FN5O. The molecule has 0 aliphatic carbocycles. The third-order valence-corrected chi connectivity index (χ3v) is 5.95. The molecule has 2 aromatic heterocycles. The van der Waals surface area contributed by atoms with Crippen LogP contribution in [0, 0.1) is 19.7 Å². The first kappa shape index (κ1) is 22.0. The molecule has 1 N–H and O–H groups in total. The number of hydrogen-bond donors (Lipinski definition) is 1. The van der Waals surface area contributed by atoms with Crippen molar-refractivity contribution in [2.75, 3.05) is 18.4 Å². The van der Waals surface area contributed by atoms with Crippen molar-refractivity contribution in [3.05, 3.63) is 82.9 Å². The van der Waals surface area contributed by atoms with Crippen molar-refractivity contribution in [1.29, 1.82) is 0 Å². The van der Waals surface area contributed by atoms with E-state index in [0.29, 0.717) is 0 Å². The lowest BCUT2D eigenvalue weighted by Crippen LogP contribution is -2.34. The van der Waals surface area contributed by atoms with Gasteiger partial charge in [-0.05, 0) is 63.1 Å². The highest BCUT2D eigenvalue weighted by Gasteiger charge is 2.25. The second-order valence-electron chi connectivity index (χ2n) is 8.37. The average molecular weight is 434 g/mol. The highest BCUT2D eigenvalue weighted by molar-refractivity contribution is 5.92. The van der Waals surface area contributed by atoms with E-state index in [9.17, 15) is 9.18 Å². The first-order valence-electron chi connectivity index (χ1n) is 11.0. The SMILES string of the molecule is Cc1nc([C@H]2CCCN(Cc3ccncc3)C2)nc(C)c1CC(=O)Nc1ccccc1F. The maximum Gasteiger partial charge on any atom is 0.229 e. The van der Waals surface area contributed by atoms with Crippen LogP contribution in [0.3, 0.4) is 0 Å². The molecule has 0 radical (unpaired) electrons. The average Bonchev–Trinajstić information content (AvgIpc) is 2.78. The molecule has 1 aliphatic rings. The Morgan fingerprint density at radius 2 is 1.84 bits per heavy atom. The number of likely N-dealkylation sites (tertiary alicyclic amines) is 1. The largest absolute Gasteiger partial charge is 0.323 e. The number of hydrogen-bond acceptors (Lipinski definition) is 5. The number of halogens is 1. The number of carbonyl (C=O) groups is 1. The minimum Gasteiger partial charge on any atom is -0.323 e. The Bertz CT molecular complexity index is 1070. The van der Waals surface area contributed by atoms with E-state index in [0.717, 1.165) is 55.3 Å². The van der Waals surface area contributed by atoms with E-state index in [2.05, 4.69) is 27.3 Å². The van der Waals surface area contributed by atoms with Gasteiger partial charge in [-0.3, -0.25) is 14.7 Å². The molecule has 1 saturated heterocycles. The van der Waals surface area contributed by atoms with Gasteiger partial charge in [0.1, 0.15) is 11.6 Å². The number of rotatable bonds is 6. The lowest BCUT2D eigenvalue weighted by Gasteiger charge is -2.32. The predicted molar refractivity (Wildman–Crippen MR) is 122 cm³/mol. The Balaban J connectivity index is 1.44. The summed E-state index contributed by atoms with van der Waals surface area (Å²) in [6, 6.07) is 10.3. The Kier molecular flexibility index (Phi) is 6.85. The van der Waals surface area contributed by atoms with E-state index in [1.54, 1.807) is 18.2 Å². The standard InChI is InChI=1S/C25H28FN5O/c1-17-21(14-24(32)30-23-8-4-3-7-22(23)26)18(2)29-25(28-17)20-6-5-13-31(16-20)15-19-9-11-27-12-10-19/h3-4,7-12,20H,5-6,13-16H2,1-2H3,(H,30,32)/t20-/m0/s1. The molecule has 0 spiro atoms. The fourth-order valence-corrected chi connectivity index (χ4v) is 4.28. The van der Waals surface area contributed by atoms with Gasteiger partial charge < -0.3 is 5.32 Å². The van der Waals surface area contributed by atoms with Gasteiger partial charge in [-0.1, -0.05) is 12.1 Å². The van der Waals surface area contributed by atoms with Crippen molar-refractivity contribution in [3.63, 3.8) is 0 Å². The topological polar surface area (TPSA) is 71.0 Å². The summed E-state index contributed by atoms with van der Waals surface area (Å²) >= 11 is 0. The van der Waals surface area contributed by atoms with Crippen LogP contribution in [0.4, 0.5) is 10.1 Å². The van der Waals surface area contributed by atoms with E-state index >= 15 is 0 Å². The summed E-state index contributed by atoms with van der Waals surface area (Å²) in [5, 5.41) is 2.64. The molecule has 1 aromatic carbocycles. The second kappa shape index (κ2) is 9.96. The molecule has 7 heteroatoms. The summed E-state index contributed by atoms with van der Waals surface area (Å²) in [7, 11) is 0. The lowest BCUT2D eigenvalue weighted by atomic mass is 9.96. The van der Waals surface area contributed by atoms with E-state index in [1.165, 1.54) is 11.6 Å². The van der Waals surface area contributed by atoms with Crippen LogP contribution in [-0.4, -0.2) is 38.8 Å². The number of aryl methyl sites for hydroxylation is 2.